The zero-order chi connectivity index (χ0) is 13.8. The SMILES string of the molecule is Nc1cc(NC(=O)Cc2ccccc2O)ccc1F. The summed E-state index contributed by atoms with van der Waals surface area (Å²) in [4.78, 5) is 11.8. The van der Waals surface area contributed by atoms with E-state index in [0.29, 0.717) is 11.3 Å². The fourth-order valence-corrected chi connectivity index (χ4v) is 1.66. The van der Waals surface area contributed by atoms with Gasteiger partial charge < -0.3 is 16.2 Å². The van der Waals surface area contributed by atoms with Gasteiger partial charge in [0.15, 0.2) is 0 Å². The van der Waals surface area contributed by atoms with E-state index in [4.69, 9.17) is 5.73 Å². The summed E-state index contributed by atoms with van der Waals surface area (Å²) < 4.78 is 13.0. The third-order valence-electron chi connectivity index (χ3n) is 2.62. The van der Waals surface area contributed by atoms with Crippen molar-refractivity contribution in [2.45, 2.75) is 6.42 Å². The van der Waals surface area contributed by atoms with Gasteiger partial charge in [-0.2, -0.15) is 0 Å². The maximum atomic E-state index is 13.0. The minimum atomic E-state index is -0.529. The molecule has 0 spiro atoms. The van der Waals surface area contributed by atoms with Crippen LogP contribution in [0.5, 0.6) is 5.75 Å². The van der Waals surface area contributed by atoms with Crippen LogP contribution in [0.15, 0.2) is 42.5 Å². The number of anilines is 2. The van der Waals surface area contributed by atoms with Gasteiger partial charge in [-0.05, 0) is 24.3 Å². The van der Waals surface area contributed by atoms with Crippen LogP contribution in [-0.4, -0.2) is 11.0 Å². The molecule has 4 nitrogen and oxygen atoms in total. The average Bonchev–Trinajstić information content (AvgIpc) is 2.37. The summed E-state index contributed by atoms with van der Waals surface area (Å²) >= 11 is 0. The normalized spacial score (nSPS) is 10.2. The molecule has 1 amide bonds. The molecule has 98 valence electrons. The average molecular weight is 260 g/mol. The topological polar surface area (TPSA) is 75.3 Å². The molecule has 0 unspecified atom stereocenters. The number of para-hydroxylation sites is 1. The lowest BCUT2D eigenvalue weighted by Gasteiger charge is -2.07. The number of benzene rings is 2. The van der Waals surface area contributed by atoms with E-state index in [1.54, 1.807) is 18.2 Å². The molecule has 4 N–H and O–H groups in total. The number of aromatic hydroxyl groups is 1. The van der Waals surface area contributed by atoms with Crippen LogP contribution in [0.3, 0.4) is 0 Å². The Bertz CT molecular complexity index is 614. The summed E-state index contributed by atoms with van der Waals surface area (Å²) in [5.41, 5.74) is 6.32. The lowest BCUT2D eigenvalue weighted by atomic mass is 10.1. The molecule has 0 bridgehead atoms. The zero-order valence-electron chi connectivity index (χ0n) is 10.1. The predicted octanol–water partition coefficient (Wildman–Crippen LogP) is 2.29. The fraction of sp³-hybridized carbons (Fsp3) is 0.0714. The molecular weight excluding hydrogens is 247 g/mol. The van der Waals surface area contributed by atoms with E-state index in [2.05, 4.69) is 5.32 Å². The fourth-order valence-electron chi connectivity index (χ4n) is 1.66. The highest BCUT2D eigenvalue weighted by Gasteiger charge is 2.08. The number of nitrogens with one attached hydrogen (secondary N) is 1. The van der Waals surface area contributed by atoms with E-state index in [1.165, 1.54) is 24.3 Å². The van der Waals surface area contributed by atoms with Gasteiger partial charge in [-0.3, -0.25) is 4.79 Å². The van der Waals surface area contributed by atoms with Gasteiger partial charge in [-0.15, -0.1) is 0 Å². The van der Waals surface area contributed by atoms with Gasteiger partial charge in [0.2, 0.25) is 5.91 Å². The van der Waals surface area contributed by atoms with Gasteiger partial charge in [-0.25, -0.2) is 4.39 Å². The highest BCUT2D eigenvalue weighted by Crippen LogP contribution is 2.19. The molecule has 0 radical (unpaired) electrons. The van der Waals surface area contributed by atoms with Crippen LogP contribution in [0.4, 0.5) is 15.8 Å². The summed E-state index contributed by atoms with van der Waals surface area (Å²) in [5.74, 6) is -0.775. The number of phenolic OH excluding ortho intramolecular Hbond substituents is 1. The minimum absolute atomic E-state index is 0.0274. The molecule has 0 aliphatic carbocycles. The van der Waals surface area contributed by atoms with E-state index in [0.717, 1.165) is 0 Å². The van der Waals surface area contributed by atoms with Crippen LogP contribution in [0.1, 0.15) is 5.56 Å². The minimum Gasteiger partial charge on any atom is -0.508 e. The Kier molecular flexibility index (Phi) is 3.66. The second kappa shape index (κ2) is 5.39. The van der Waals surface area contributed by atoms with Crippen molar-refractivity contribution in [2.75, 3.05) is 11.1 Å². The Morgan fingerprint density at radius 2 is 2.00 bits per heavy atom. The first-order chi connectivity index (χ1) is 9.06. The van der Waals surface area contributed by atoms with Crippen LogP contribution in [0.2, 0.25) is 0 Å². The lowest BCUT2D eigenvalue weighted by molar-refractivity contribution is -0.115. The molecule has 0 saturated heterocycles. The van der Waals surface area contributed by atoms with Crippen LogP contribution in [0, 0.1) is 5.82 Å². The lowest BCUT2D eigenvalue weighted by Crippen LogP contribution is -2.14. The van der Waals surface area contributed by atoms with Crippen molar-refractivity contribution in [3.05, 3.63) is 53.8 Å². The molecule has 0 aliphatic rings. The largest absolute Gasteiger partial charge is 0.508 e. The first kappa shape index (κ1) is 12.9. The maximum absolute atomic E-state index is 13.0. The Morgan fingerprint density at radius 3 is 2.68 bits per heavy atom. The van der Waals surface area contributed by atoms with Gasteiger partial charge >= 0.3 is 0 Å². The first-order valence-corrected chi connectivity index (χ1v) is 5.68. The summed E-state index contributed by atoms with van der Waals surface area (Å²) in [6.07, 6.45) is 0.0317. The number of amides is 1. The number of hydrogen-bond acceptors (Lipinski definition) is 3. The summed E-state index contributed by atoms with van der Waals surface area (Å²) in [5, 5.41) is 12.1. The molecule has 2 rings (SSSR count). The molecular formula is C14H13FN2O2. The van der Waals surface area contributed by atoms with E-state index in [9.17, 15) is 14.3 Å². The summed E-state index contributed by atoms with van der Waals surface area (Å²) in [6, 6.07) is 10.5. The molecule has 0 saturated carbocycles. The highest BCUT2D eigenvalue weighted by atomic mass is 19.1. The Morgan fingerprint density at radius 1 is 1.26 bits per heavy atom. The number of nitrogens with two attached hydrogens (primary N) is 1. The Balaban J connectivity index is 2.05. The number of phenols is 1. The summed E-state index contributed by atoms with van der Waals surface area (Å²) in [7, 11) is 0. The predicted molar refractivity (Wildman–Crippen MR) is 71.3 cm³/mol. The quantitative estimate of drug-likeness (QED) is 0.741. The molecule has 19 heavy (non-hydrogen) atoms. The Hall–Kier alpha value is -2.56. The van der Waals surface area contributed by atoms with Crippen molar-refractivity contribution in [1.29, 1.82) is 0 Å². The van der Waals surface area contributed by atoms with Crippen molar-refractivity contribution in [3.8, 4) is 5.75 Å². The number of carbonyl (C=O) groups is 1. The van der Waals surface area contributed by atoms with Crippen LogP contribution in [0.25, 0.3) is 0 Å². The maximum Gasteiger partial charge on any atom is 0.228 e. The van der Waals surface area contributed by atoms with Crippen molar-refractivity contribution in [2.24, 2.45) is 0 Å². The van der Waals surface area contributed by atoms with E-state index < -0.39 is 5.82 Å². The van der Waals surface area contributed by atoms with Crippen molar-refractivity contribution < 1.29 is 14.3 Å². The molecule has 2 aromatic rings. The highest BCUT2D eigenvalue weighted by molar-refractivity contribution is 5.93. The van der Waals surface area contributed by atoms with E-state index >= 15 is 0 Å². The van der Waals surface area contributed by atoms with Crippen LogP contribution < -0.4 is 11.1 Å². The standard InChI is InChI=1S/C14H13FN2O2/c15-11-6-5-10(8-12(11)16)17-14(19)7-9-3-1-2-4-13(9)18/h1-6,8,18H,7,16H2,(H,17,19). The summed E-state index contributed by atoms with van der Waals surface area (Å²) in [6.45, 7) is 0. The van der Waals surface area contributed by atoms with Gasteiger partial charge in [0.25, 0.3) is 0 Å². The first-order valence-electron chi connectivity index (χ1n) is 5.68. The molecule has 0 heterocycles. The zero-order valence-corrected chi connectivity index (χ0v) is 10.1. The van der Waals surface area contributed by atoms with Crippen molar-refractivity contribution >= 4 is 17.3 Å². The van der Waals surface area contributed by atoms with Crippen molar-refractivity contribution in [1.82, 2.24) is 0 Å². The van der Waals surface area contributed by atoms with Crippen molar-refractivity contribution in [3.63, 3.8) is 0 Å². The Labute approximate surface area is 109 Å². The third kappa shape index (κ3) is 3.22. The number of halogens is 1. The second-order valence-corrected chi connectivity index (χ2v) is 4.09. The van der Waals surface area contributed by atoms with Crippen LogP contribution in [-0.2, 0) is 11.2 Å². The van der Waals surface area contributed by atoms with Gasteiger partial charge in [-0.1, -0.05) is 18.2 Å². The second-order valence-electron chi connectivity index (χ2n) is 4.09. The molecule has 0 fully saturated rings. The molecule has 0 aromatic heterocycles. The molecule has 0 atom stereocenters. The monoisotopic (exact) mass is 260 g/mol. The third-order valence-corrected chi connectivity index (χ3v) is 2.62. The van der Waals surface area contributed by atoms with Gasteiger partial charge in [0.05, 0.1) is 12.1 Å². The smallest absolute Gasteiger partial charge is 0.228 e. The van der Waals surface area contributed by atoms with Gasteiger partial charge in [0, 0.05) is 11.3 Å². The van der Waals surface area contributed by atoms with E-state index in [1.807, 2.05) is 0 Å². The molecule has 0 aliphatic heterocycles. The number of hydrogen-bond donors (Lipinski definition) is 3. The van der Waals surface area contributed by atoms with Gasteiger partial charge in [0.1, 0.15) is 11.6 Å². The van der Waals surface area contributed by atoms with E-state index in [-0.39, 0.29) is 23.8 Å². The number of carbonyl (C=O) groups excluding carboxylic acids is 1. The number of rotatable bonds is 3. The molecule has 5 heteroatoms. The van der Waals surface area contributed by atoms with Crippen LogP contribution >= 0.6 is 0 Å². The number of nitrogen functional groups attached to an aromatic ring is 1. The molecule has 2 aromatic carbocycles.